The first kappa shape index (κ1) is 13.2. The molecular formula is C15H22N2O. The number of ketones is 1. The van der Waals surface area contributed by atoms with Crippen molar-refractivity contribution in [3.05, 3.63) is 35.4 Å². The van der Waals surface area contributed by atoms with Gasteiger partial charge in [0, 0.05) is 24.7 Å². The van der Waals surface area contributed by atoms with E-state index in [0.29, 0.717) is 0 Å². The third kappa shape index (κ3) is 2.79. The highest BCUT2D eigenvalue weighted by molar-refractivity contribution is 5.99. The molecule has 0 spiro atoms. The number of nitrogens with zero attached hydrogens (tertiary/aromatic N) is 1. The fraction of sp³-hybridized carbons (Fsp3) is 0.533. The summed E-state index contributed by atoms with van der Waals surface area (Å²) in [6, 6.07) is 8.11. The largest absolute Gasteiger partial charge is 0.326 e. The van der Waals surface area contributed by atoms with E-state index in [1.807, 2.05) is 31.2 Å². The van der Waals surface area contributed by atoms with Crippen LogP contribution in [0.15, 0.2) is 24.3 Å². The second kappa shape index (κ2) is 5.63. The van der Waals surface area contributed by atoms with Crippen molar-refractivity contribution in [2.45, 2.75) is 38.8 Å². The van der Waals surface area contributed by atoms with Crippen molar-refractivity contribution >= 4 is 5.78 Å². The van der Waals surface area contributed by atoms with Gasteiger partial charge in [-0.1, -0.05) is 31.2 Å². The van der Waals surface area contributed by atoms with Crippen LogP contribution in [0.25, 0.3) is 0 Å². The van der Waals surface area contributed by atoms with E-state index in [9.17, 15) is 4.79 Å². The van der Waals surface area contributed by atoms with E-state index in [0.717, 1.165) is 31.5 Å². The molecule has 0 amide bonds. The Morgan fingerprint density at radius 1 is 1.44 bits per heavy atom. The molecule has 98 valence electrons. The third-order valence-electron chi connectivity index (χ3n) is 3.83. The van der Waals surface area contributed by atoms with Crippen LogP contribution in [-0.4, -0.2) is 35.9 Å². The highest BCUT2D eigenvalue weighted by Crippen LogP contribution is 2.15. The summed E-state index contributed by atoms with van der Waals surface area (Å²) in [6.07, 6.45) is 2.00. The molecule has 2 N–H and O–H groups in total. The standard InChI is InChI=1S/C15H22N2O/c1-3-12-4-6-13(7-5-12)15(18)11(2)17-9-8-14(16)10-17/h4-7,11,14H,3,8-10,16H2,1-2H3. The van der Waals surface area contributed by atoms with Crippen LogP contribution in [0.3, 0.4) is 0 Å². The Hall–Kier alpha value is -1.19. The van der Waals surface area contributed by atoms with Gasteiger partial charge in [-0.15, -0.1) is 0 Å². The Labute approximate surface area is 109 Å². The lowest BCUT2D eigenvalue weighted by Crippen LogP contribution is -2.39. The van der Waals surface area contributed by atoms with E-state index in [2.05, 4.69) is 11.8 Å². The lowest BCUT2D eigenvalue weighted by Gasteiger charge is -2.22. The van der Waals surface area contributed by atoms with Gasteiger partial charge >= 0.3 is 0 Å². The van der Waals surface area contributed by atoms with Crippen molar-refractivity contribution in [2.24, 2.45) is 5.73 Å². The number of carbonyl (C=O) groups is 1. The van der Waals surface area contributed by atoms with E-state index in [-0.39, 0.29) is 17.9 Å². The van der Waals surface area contributed by atoms with Gasteiger partial charge in [-0.25, -0.2) is 0 Å². The van der Waals surface area contributed by atoms with Crippen molar-refractivity contribution in [3.63, 3.8) is 0 Å². The van der Waals surface area contributed by atoms with Crippen molar-refractivity contribution in [1.29, 1.82) is 0 Å². The molecule has 1 aliphatic rings. The van der Waals surface area contributed by atoms with Gasteiger partial charge in [-0.2, -0.15) is 0 Å². The lowest BCUT2D eigenvalue weighted by molar-refractivity contribution is 0.0866. The zero-order valence-electron chi connectivity index (χ0n) is 11.2. The predicted octanol–water partition coefficient (Wildman–Crippen LogP) is 1.85. The molecule has 1 saturated heterocycles. The lowest BCUT2D eigenvalue weighted by atomic mass is 10.0. The second-order valence-corrected chi connectivity index (χ2v) is 5.13. The molecule has 3 heteroatoms. The maximum absolute atomic E-state index is 12.4. The van der Waals surface area contributed by atoms with Gasteiger partial charge < -0.3 is 5.73 Å². The minimum Gasteiger partial charge on any atom is -0.326 e. The van der Waals surface area contributed by atoms with Gasteiger partial charge in [0.1, 0.15) is 0 Å². The zero-order valence-corrected chi connectivity index (χ0v) is 11.2. The number of aryl methyl sites for hydroxylation is 1. The summed E-state index contributed by atoms with van der Waals surface area (Å²) in [4.78, 5) is 14.5. The molecule has 1 aliphatic heterocycles. The highest BCUT2D eigenvalue weighted by Gasteiger charge is 2.28. The summed E-state index contributed by atoms with van der Waals surface area (Å²) in [5.41, 5.74) is 7.96. The van der Waals surface area contributed by atoms with E-state index in [1.54, 1.807) is 0 Å². The van der Waals surface area contributed by atoms with E-state index >= 15 is 0 Å². The predicted molar refractivity (Wildman–Crippen MR) is 73.8 cm³/mol. The van der Waals surface area contributed by atoms with Crippen LogP contribution in [0, 0.1) is 0 Å². The molecule has 1 aromatic rings. The molecule has 1 heterocycles. The number of hydrogen-bond acceptors (Lipinski definition) is 3. The minimum atomic E-state index is -0.0639. The molecule has 0 bridgehead atoms. The normalized spacial score (nSPS) is 22.1. The van der Waals surface area contributed by atoms with Gasteiger partial charge in [-0.3, -0.25) is 9.69 Å². The van der Waals surface area contributed by atoms with E-state index < -0.39 is 0 Å². The number of rotatable bonds is 4. The molecule has 18 heavy (non-hydrogen) atoms. The number of Topliss-reactive ketones (excluding diaryl/α,β-unsaturated/α-hetero) is 1. The molecule has 3 nitrogen and oxygen atoms in total. The molecule has 0 aromatic heterocycles. The summed E-state index contributed by atoms with van der Waals surface area (Å²) < 4.78 is 0. The molecule has 2 unspecified atom stereocenters. The Bertz CT molecular complexity index is 413. The number of carbonyl (C=O) groups excluding carboxylic acids is 1. The first-order valence-electron chi connectivity index (χ1n) is 6.74. The zero-order chi connectivity index (χ0) is 13.1. The first-order valence-corrected chi connectivity index (χ1v) is 6.74. The van der Waals surface area contributed by atoms with Crippen molar-refractivity contribution < 1.29 is 4.79 Å². The Morgan fingerprint density at radius 2 is 2.11 bits per heavy atom. The van der Waals surface area contributed by atoms with Crippen LogP contribution >= 0.6 is 0 Å². The quantitative estimate of drug-likeness (QED) is 0.825. The van der Waals surface area contributed by atoms with Gasteiger partial charge in [0.2, 0.25) is 0 Å². The van der Waals surface area contributed by atoms with E-state index in [1.165, 1.54) is 5.56 Å². The van der Waals surface area contributed by atoms with Crippen molar-refractivity contribution in [3.8, 4) is 0 Å². The summed E-state index contributed by atoms with van der Waals surface area (Å²) in [6.45, 7) is 5.86. The molecule has 0 aliphatic carbocycles. The summed E-state index contributed by atoms with van der Waals surface area (Å²) >= 11 is 0. The number of nitrogens with two attached hydrogens (primary N) is 1. The van der Waals surface area contributed by atoms with E-state index in [4.69, 9.17) is 5.73 Å². The van der Waals surface area contributed by atoms with Gasteiger partial charge in [0.05, 0.1) is 6.04 Å². The maximum Gasteiger partial charge on any atom is 0.179 e. The topological polar surface area (TPSA) is 46.3 Å². The second-order valence-electron chi connectivity index (χ2n) is 5.13. The number of hydrogen-bond donors (Lipinski definition) is 1. The monoisotopic (exact) mass is 246 g/mol. The Balaban J connectivity index is 2.05. The molecule has 0 radical (unpaired) electrons. The average Bonchev–Trinajstić information content (AvgIpc) is 2.84. The fourth-order valence-corrected chi connectivity index (χ4v) is 2.48. The van der Waals surface area contributed by atoms with Crippen LogP contribution < -0.4 is 5.73 Å². The van der Waals surface area contributed by atoms with Crippen LogP contribution in [-0.2, 0) is 6.42 Å². The smallest absolute Gasteiger partial charge is 0.179 e. The summed E-state index contributed by atoms with van der Waals surface area (Å²) in [5.74, 6) is 0.201. The third-order valence-corrected chi connectivity index (χ3v) is 3.83. The highest BCUT2D eigenvalue weighted by atomic mass is 16.1. The summed E-state index contributed by atoms with van der Waals surface area (Å²) in [5, 5.41) is 0. The average molecular weight is 246 g/mol. The first-order chi connectivity index (χ1) is 8.61. The minimum absolute atomic E-state index is 0.0639. The Kier molecular flexibility index (Phi) is 4.15. The summed E-state index contributed by atoms with van der Waals surface area (Å²) in [7, 11) is 0. The van der Waals surface area contributed by atoms with Gasteiger partial charge in [0.15, 0.2) is 5.78 Å². The van der Waals surface area contributed by atoms with Crippen LogP contribution in [0.2, 0.25) is 0 Å². The maximum atomic E-state index is 12.4. The Morgan fingerprint density at radius 3 is 2.61 bits per heavy atom. The van der Waals surface area contributed by atoms with Crippen LogP contribution in [0.1, 0.15) is 36.2 Å². The fourth-order valence-electron chi connectivity index (χ4n) is 2.48. The van der Waals surface area contributed by atoms with Gasteiger partial charge in [-0.05, 0) is 25.3 Å². The molecule has 0 saturated carbocycles. The molecule has 1 aromatic carbocycles. The van der Waals surface area contributed by atoms with Crippen molar-refractivity contribution in [1.82, 2.24) is 4.90 Å². The van der Waals surface area contributed by atoms with Crippen molar-refractivity contribution in [2.75, 3.05) is 13.1 Å². The molecule has 2 atom stereocenters. The van der Waals surface area contributed by atoms with Gasteiger partial charge in [0.25, 0.3) is 0 Å². The SMILES string of the molecule is CCc1ccc(C(=O)C(C)N2CCC(N)C2)cc1. The molecule has 1 fully saturated rings. The molecular weight excluding hydrogens is 224 g/mol. The van der Waals surface area contributed by atoms with Crippen LogP contribution in [0.5, 0.6) is 0 Å². The number of benzene rings is 1. The number of likely N-dealkylation sites (tertiary alicyclic amines) is 1. The molecule has 2 rings (SSSR count). The van der Waals surface area contributed by atoms with Crippen LogP contribution in [0.4, 0.5) is 0 Å².